The van der Waals surface area contributed by atoms with Crippen LogP contribution in [0, 0.1) is 6.92 Å². The molecule has 0 saturated carbocycles. The molecule has 2 rings (SSSR count). The average Bonchev–Trinajstić information content (AvgIpc) is 2.20. The van der Waals surface area contributed by atoms with E-state index in [2.05, 4.69) is 15.0 Å². The Labute approximate surface area is 102 Å². The second kappa shape index (κ2) is 4.67. The smallest absolute Gasteiger partial charge is 0.228 e. The number of nitrogens with two attached hydrogens (primary N) is 1. The van der Waals surface area contributed by atoms with Crippen LogP contribution in [-0.4, -0.2) is 15.0 Å². The van der Waals surface area contributed by atoms with E-state index in [1.807, 2.05) is 31.2 Å². The van der Waals surface area contributed by atoms with Gasteiger partial charge < -0.3 is 5.73 Å². The van der Waals surface area contributed by atoms with Gasteiger partial charge in [0.05, 0.1) is 0 Å². The molecular weight excluding hydrogens is 244 g/mol. The van der Waals surface area contributed by atoms with Crippen molar-refractivity contribution < 1.29 is 0 Å². The molecule has 0 spiro atoms. The highest BCUT2D eigenvalue weighted by Gasteiger charge is 2.04. The highest BCUT2D eigenvalue weighted by Crippen LogP contribution is 2.25. The monoisotopic (exact) mass is 252 g/mol. The van der Waals surface area contributed by atoms with Crippen molar-refractivity contribution in [3.05, 3.63) is 35.1 Å². The van der Waals surface area contributed by atoms with Crippen molar-refractivity contribution in [1.82, 2.24) is 15.0 Å². The Hall–Kier alpha value is -1.33. The number of nitrogen functional groups attached to an aromatic ring is 1. The summed E-state index contributed by atoms with van der Waals surface area (Å²) in [7, 11) is 0. The van der Waals surface area contributed by atoms with Crippen molar-refractivity contribution in [2.75, 3.05) is 5.73 Å². The van der Waals surface area contributed by atoms with Crippen molar-refractivity contribution in [3.63, 3.8) is 0 Å². The van der Waals surface area contributed by atoms with E-state index in [4.69, 9.17) is 17.3 Å². The second-order valence-corrected chi connectivity index (χ2v) is 4.54. The van der Waals surface area contributed by atoms with E-state index in [-0.39, 0.29) is 11.2 Å². The Bertz CT molecular complexity index is 480. The van der Waals surface area contributed by atoms with Crippen LogP contribution >= 0.6 is 23.4 Å². The fourth-order valence-corrected chi connectivity index (χ4v) is 2.07. The maximum Gasteiger partial charge on any atom is 0.228 e. The zero-order valence-corrected chi connectivity index (χ0v) is 10.1. The van der Waals surface area contributed by atoms with Gasteiger partial charge in [0.25, 0.3) is 0 Å². The predicted molar refractivity (Wildman–Crippen MR) is 64.6 cm³/mol. The summed E-state index contributed by atoms with van der Waals surface area (Å²) in [5, 5.41) is 0.614. The topological polar surface area (TPSA) is 64.7 Å². The molecule has 2 N–H and O–H groups in total. The summed E-state index contributed by atoms with van der Waals surface area (Å²) in [4.78, 5) is 12.7. The summed E-state index contributed by atoms with van der Waals surface area (Å²) in [6.07, 6.45) is 0. The first kappa shape index (κ1) is 11.2. The maximum atomic E-state index is 5.69. The van der Waals surface area contributed by atoms with Gasteiger partial charge >= 0.3 is 0 Å². The molecule has 0 saturated heterocycles. The van der Waals surface area contributed by atoms with Crippen LogP contribution in [0.2, 0.25) is 5.28 Å². The predicted octanol–water partition coefficient (Wildman–Crippen LogP) is 2.57. The highest BCUT2D eigenvalue weighted by molar-refractivity contribution is 7.99. The number of nitrogens with zero attached hydrogens (tertiary/aromatic N) is 3. The molecule has 1 aromatic carbocycles. The zero-order chi connectivity index (χ0) is 11.5. The summed E-state index contributed by atoms with van der Waals surface area (Å²) in [6, 6.07) is 8.03. The number of hydrogen-bond donors (Lipinski definition) is 1. The van der Waals surface area contributed by atoms with E-state index in [0.717, 1.165) is 4.90 Å². The summed E-state index contributed by atoms with van der Waals surface area (Å²) < 4.78 is 0. The van der Waals surface area contributed by atoms with Gasteiger partial charge in [0.1, 0.15) is 0 Å². The van der Waals surface area contributed by atoms with Crippen molar-refractivity contribution in [1.29, 1.82) is 0 Å². The standard InChI is InChI=1S/C10H9ClN4S/c1-6-2-4-7(5-3-6)16-10-14-8(11)13-9(12)15-10/h2-5H,1H3,(H2,12,13,14,15). The van der Waals surface area contributed by atoms with Gasteiger partial charge in [0, 0.05) is 4.90 Å². The fraction of sp³-hybridized carbons (Fsp3) is 0.100. The molecule has 1 heterocycles. The van der Waals surface area contributed by atoms with Gasteiger partial charge in [-0.3, -0.25) is 0 Å². The Kier molecular flexibility index (Phi) is 3.26. The molecular formula is C10H9ClN4S. The van der Waals surface area contributed by atoms with E-state index >= 15 is 0 Å². The molecule has 0 atom stereocenters. The van der Waals surface area contributed by atoms with Crippen molar-refractivity contribution in [2.45, 2.75) is 17.0 Å². The summed E-state index contributed by atoms with van der Waals surface area (Å²) in [5.41, 5.74) is 6.68. The lowest BCUT2D eigenvalue weighted by Crippen LogP contribution is -1.98. The van der Waals surface area contributed by atoms with Gasteiger partial charge in [-0.25, -0.2) is 0 Å². The third-order valence-corrected chi connectivity index (χ3v) is 2.88. The normalized spacial score (nSPS) is 10.4. The minimum atomic E-state index is 0.113. The van der Waals surface area contributed by atoms with Crippen molar-refractivity contribution in [2.24, 2.45) is 0 Å². The van der Waals surface area contributed by atoms with E-state index in [9.17, 15) is 0 Å². The molecule has 2 aromatic rings. The lowest BCUT2D eigenvalue weighted by molar-refractivity contribution is 0.917. The third-order valence-electron chi connectivity index (χ3n) is 1.84. The van der Waals surface area contributed by atoms with Crippen LogP contribution in [0.4, 0.5) is 5.95 Å². The molecule has 0 aliphatic rings. The Morgan fingerprint density at radius 2 is 1.81 bits per heavy atom. The third kappa shape index (κ3) is 2.84. The van der Waals surface area contributed by atoms with Gasteiger partial charge in [-0.15, -0.1) is 0 Å². The molecule has 0 radical (unpaired) electrons. The minimum Gasteiger partial charge on any atom is -0.368 e. The Morgan fingerprint density at radius 3 is 2.44 bits per heavy atom. The first-order valence-electron chi connectivity index (χ1n) is 4.55. The number of aryl methyl sites for hydroxylation is 1. The lowest BCUT2D eigenvalue weighted by atomic mass is 10.2. The average molecular weight is 253 g/mol. The molecule has 0 aliphatic carbocycles. The first-order chi connectivity index (χ1) is 7.63. The minimum absolute atomic E-state index is 0.113. The molecule has 0 bridgehead atoms. The number of anilines is 1. The molecule has 82 valence electrons. The zero-order valence-electron chi connectivity index (χ0n) is 8.51. The largest absolute Gasteiger partial charge is 0.368 e. The van der Waals surface area contributed by atoms with Crippen LogP contribution in [0.5, 0.6) is 0 Å². The Morgan fingerprint density at radius 1 is 1.12 bits per heavy atom. The van der Waals surface area contributed by atoms with E-state index in [0.29, 0.717) is 5.16 Å². The van der Waals surface area contributed by atoms with Gasteiger partial charge in [-0.05, 0) is 42.4 Å². The molecule has 0 aliphatic heterocycles. The van der Waals surface area contributed by atoms with Gasteiger partial charge in [0.15, 0.2) is 5.16 Å². The van der Waals surface area contributed by atoms with E-state index < -0.39 is 0 Å². The van der Waals surface area contributed by atoms with Crippen LogP contribution in [-0.2, 0) is 0 Å². The fourth-order valence-electron chi connectivity index (χ4n) is 1.10. The maximum absolute atomic E-state index is 5.69. The Balaban J connectivity index is 2.23. The van der Waals surface area contributed by atoms with Crippen LogP contribution in [0.1, 0.15) is 5.56 Å². The molecule has 0 fully saturated rings. The van der Waals surface area contributed by atoms with Crippen molar-refractivity contribution >= 4 is 29.3 Å². The van der Waals surface area contributed by atoms with Crippen LogP contribution < -0.4 is 5.73 Å². The second-order valence-electron chi connectivity index (χ2n) is 3.16. The quantitative estimate of drug-likeness (QED) is 0.890. The van der Waals surface area contributed by atoms with Gasteiger partial charge in [-0.1, -0.05) is 17.7 Å². The molecule has 4 nitrogen and oxygen atoms in total. The highest BCUT2D eigenvalue weighted by atomic mass is 35.5. The number of rotatable bonds is 2. The summed E-state index contributed by atoms with van der Waals surface area (Å²) >= 11 is 7.08. The van der Waals surface area contributed by atoms with Crippen LogP contribution in [0.3, 0.4) is 0 Å². The SMILES string of the molecule is Cc1ccc(Sc2nc(N)nc(Cl)n2)cc1. The molecule has 0 unspecified atom stereocenters. The molecule has 1 aromatic heterocycles. The molecule has 16 heavy (non-hydrogen) atoms. The number of hydrogen-bond acceptors (Lipinski definition) is 5. The lowest BCUT2D eigenvalue weighted by Gasteiger charge is -2.01. The first-order valence-corrected chi connectivity index (χ1v) is 5.74. The van der Waals surface area contributed by atoms with Gasteiger partial charge in [0.2, 0.25) is 11.2 Å². The number of halogens is 1. The number of aromatic nitrogens is 3. The van der Waals surface area contributed by atoms with Crippen LogP contribution in [0.15, 0.2) is 34.3 Å². The molecule has 0 amide bonds. The van der Waals surface area contributed by atoms with Crippen LogP contribution in [0.25, 0.3) is 0 Å². The van der Waals surface area contributed by atoms with Crippen molar-refractivity contribution in [3.8, 4) is 0 Å². The number of benzene rings is 1. The van der Waals surface area contributed by atoms with E-state index in [1.54, 1.807) is 0 Å². The molecule has 6 heteroatoms. The summed E-state index contributed by atoms with van der Waals surface area (Å²) in [5.74, 6) is 0.134. The van der Waals surface area contributed by atoms with Gasteiger partial charge in [-0.2, -0.15) is 15.0 Å². The van der Waals surface area contributed by atoms with E-state index in [1.165, 1.54) is 17.3 Å². The summed E-state index contributed by atoms with van der Waals surface area (Å²) in [6.45, 7) is 2.03.